The number of nitrogens with one attached hydrogen (secondary N) is 1. The summed E-state index contributed by atoms with van der Waals surface area (Å²) in [6.07, 6.45) is 1.75. The molecule has 0 unspecified atom stereocenters. The highest BCUT2D eigenvalue weighted by molar-refractivity contribution is 6.33. The van der Waals surface area contributed by atoms with E-state index in [9.17, 15) is 4.39 Å². The van der Waals surface area contributed by atoms with Crippen LogP contribution < -0.4 is 5.32 Å². The highest BCUT2D eigenvalue weighted by Gasteiger charge is 2.14. The van der Waals surface area contributed by atoms with E-state index in [4.69, 9.17) is 11.6 Å². The Hall–Kier alpha value is -2.92. The van der Waals surface area contributed by atoms with E-state index in [1.807, 2.05) is 37.3 Å². The highest BCUT2D eigenvalue weighted by atomic mass is 35.5. The predicted octanol–water partition coefficient (Wildman–Crippen LogP) is 5.24. The SMILES string of the molecule is Cc1cc(Nc2ccc(F)cc2)n2ncc(-c3ccccc3Cl)c2n1. The van der Waals surface area contributed by atoms with Gasteiger partial charge in [-0.25, -0.2) is 9.37 Å². The average molecular weight is 353 g/mol. The van der Waals surface area contributed by atoms with Crippen molar-refractivity contribution in [2.45, 2.75) is 6.92 Å². The van der Waals surface area contributed by atoms with Crippen molar-refractivity contribution < 1.29 is 4.39 Å². The molecule has 0 aliphatic rings. The maximum absolute atomic E-state index is 13.1. The largest absolute Gasteiger partial charge is 0.340 e. The quantitative estimate of drug-likeness (QED) is 0.548. The van der Waals surface area contributed by atoms with Gasteiger partial charge in [0.25, 0.3) is 0 Å². The molecule has 4 nitrogen and oxygen atoms in total. The van der Waals surface area contributed by atoms with Crippen molar-refractivity contribution in [1.29, 1.82) is 0 Å². The van der Waals surface area contributed by atoms with Gasteiger partial charge in [0.15, 0.2) is 5.65 Å². The molecule has 0 amide bonds. The fourth-order valence-corrected chi connectivity index (χ4v) is 2.96. The van der Waals surface area contributed by atoms with Gasteiger partial charge in [-0.3, -0.25) is 0 Å². The Morgan fingerprint density at radius 1 is 1.04 bits per heavy atom. The van der Waals surface area contributed by atoms with Crippen LogP contribution in [0.2, 0.25) is 5.02 Å². The van der Waals surface area contributed by atoms with Crippen LogP contribution in [0.4, 0.5) is 15.9 Å². The Bertz CT molecular complexity index is 1060. The van der Waals surface area contributed by atoms with E-state index in [1.165, 1.54) is 12.1 Å². The van der Waals surface area contributed by atoms with Crippen LogP contribution in [0, 0.1) is 12.7 Å². The number of benzene rings is 2. The molecule has 25 heavy (non-hydrogen) atoms. The number of aromatic nitrogens is 3. The third kappa shape index (κ3) is 2.94. The molecule has 0 aliphatic heterocycles. The van der Waals surface area contributed by atoms with Crippen LogP contribution >= 0.6 is 11.6 Å². The lowest BCUT2D eigenvalue weighted by Crippen LogP contribution is -2.02. The van der Waals surface area contributed by atoms with Gasteiger partial charge in [-0.1, -0.05) is 29.8 Å². The number of nitrogens with zero attached hydrogens (tertiary/aromatic N) is 3. The van der Waals surface area contributed by atoms with Crippen molar-refractivity contribution in [1.82, 2.24) is 14.6 Å². The second-order valence-corrected chi connectivity index (χ2v) is 6.10. The minimum atomic E-state index is -0.276. The van der Waals surface area contributed by atoms with Crippen LogP contribution in [0.5, 0.6) is 0 Å². The van der Waals surface area contributed by atoms with Gasteiger partial charge < -0.3 is 5.32 Å². The Balaban J connectivity index is 1.84. The zero-order valence-corrected chi connectivity index (χ0v) is 14.1. The normalized spacial score (nSPS) is 11.0. The predicted molar refractivity (Wildman–Crippen MR) is 97.9 cm³/mol. The fraction of sp³-hybridized carbons (Fsp3) is 0.0526. The molecule has 0 atom stereocenters. The van der Waals surface area contributed by atoms with Crippen LogP contribution in [-0.2, 0) is 0 Å². The first-order valence-electron chi connectivity index (χ1n) is 7.75. The smallest absolute Gasteiger partial charge is 0.165 e. The topological polar surface area (TPSA) is 42.2 Å². The molecule has 2 heterocycles. The lowest BCUT2D eigenvalue weighted by atomic mass is 10.1. The van der Waals surface area contributed by atoms with Crippen molar-refractivity contribution >= 4 is 28.8 Å². The van der Waals surface area contributed by atoms with Crippen LogP contribution in [0.15, 0.2) is 60.8 Å². The maximum atomic E-state index is 13.1. The number of anilines is 2. The Morgan fingerprint density at radius 2 is 1.80 bits per heavy atom. The van der Waals surface area contributed by atoms with E-state index < -0.39 is 0 Å². The second kappa shape index (κ2) is 6.18. The summed E-state index contributed by atoms with van der Waals surface area (Å²) in [7, 11) is 0. The Labute approximate surface area is 148 Å². The molecule has 4 aromatic rings. The molecule has 2 aromatic heterocycles. The first kappa shape index (κ1) is 15.6. The van der Waals surface area contributed by atoms with Crippen LogP contribution in [0.25, 0.3) is 16.8 Å². The van der Waals surface area contributed by atoms with Gasteiger partial charge in [0.2, 0.25) is 0 Å². The summed E-state index contributed by atoms with van der Waals surface area (Å²) in [6, 6.07) is 15.7. The van der Waals surface area contributed by atoms with Crippen molar-refractivity contribution in [3.8, 4) is 11.1 Å². The zero-order valence-electron chi connectivity index (χ0n) is 13.4. The maximum Gasteiger partial charge on any atom is 0.165 e. The number of fused-ring (bicyclic) bond motifs is 1. The summed E-state index contributed by atoms with van der Waals surface area (Å²) in [5.74, 6) is 0.467. The van der Waals surface area contributed by atoms with E-state index in [-0.39, 0.29) is 5.82 Å². The number of hydrogen-bond acceptors (Lipinski definition) is 3. The molecule has 0 bridgehead atoms. The highest BCUT2D eigenvalue weighted by Crippen LogP contribution is 2.31. The number of halogens is 2. The molecule has 2 aromatic carbocycles. The zero-order chi connectivity index (χ0) is 17.4. The Kier molecular flexibility index (Phi) is 3.86. The molecule has 0 radical (unpaired) electrons. The molecule has 0 fully saturated rings. The first-order chi connectivity index (χ1) is 12.1. The molecule has 124 valence electrons. The van der Waals surface area contributed by atoms with Crippen molar-refractivity contribution in [2.24, 2.45) is 0 Å². The number of hydrogen-bond donors (Lipinski definition) is 1. The number of aryl methyl sites for hydroxylation is 1. The summed E-state index contributed by atoms with van der Waals surface area (Å²) in [6.45, 7) is 1.92. The first-order valence-corrected chi connectivity index (χ1v) is 8.12. The Morgan fingerprint density at radius 3 is 2.56 bits per heavy atom. The summed E-state index contributed by atoms with van der Waals surface area (Å²) in [5.41, 5.74) is 4.05. The molecule has 4 rings (SSSR count). The summed E-state index contributed by atoms with van der Waals surface area (Å²) in [5, 5.41) is 8.35. The third-order valence-corrected chi connectivity index (χ3v) is 4.21. The van der Waals surface area contributed by atoms with Crippen LogP contribution in [0.3, 0.4) is 0 Å². The standard InChI is InChI=1S/C19H14ClFN4/c1-12-10-18(24-14-8-6-13(21)7-9-14)25-19(23-12)16(11-22-25)15-4-2-3-5-17(15)20/h2-11,24H,1H3. The van der Waals surface area contributed by atoms with Gasteiger partial charge in [-0.2, -0.15) is 9.61 Å². The lowest BCUT2D eigenvalue weighted by Gasteiger charge is -2.10. The minimum Gasteiger partial charge on any atom is -0.340 e. The summed E-state index contributed by atoms with van der Waals surface area (Å²) >= 11 is 6.32. The molecule has 6 heteroatoms. The van der Waals surface area contributed by atoms with Gasteiger partial charge >= 0.3 is 0 Å². The van der Waals surface area contributed by atoms with Gasteiger partial charge in [-0.15, -0.1) is 0 Å². The molecule has 0 aliphatic carbocycles. The monoisotopic (exact) mass is 352 g/mol. The van der Waals surface area contributed by atoms with Gasteiger partial charge in [0.05, 0.1) is 6.20 Å². The van der Waals surface area contributed by atoms with E-state index >= 15 is 0 Å². The lowest BCUT2D eigenvalue weighted by molar-refractivity contribution is 0.628. The van der Waals surface area contributed by atoms with Crippen molar-refractivity contribution in [3.63, 3.8) is 0 Å². The van der Waals surface area contributed by atoms with Gasteiger partial charge in [0, 0.05) is 33.6 Å². The molecule has 0 saturated heterocycles. The molecular formula is C19H14ClFN4. The molecule has 1 N–H and O–H groups in total. The van der Waals surface area contributed by atoms with Crippen LogP contribution in [0.1, 0.15) is 5.69 Å². The fourth-order valence-electron chi connectivity index (χ4n) is 2.72. The third-order valence-electron chi connectivity index (χ3n) is 3.88. The summed E-state index contributed by atoms with van der Waals surface area (Å²) in [4.78, 5) is 4.61. The van der Waals surface area contributed by atoms with Gasteiger partial charge in [-0.05, 0) is 37.3 Å². The van der Waals surface area contributed by atoms with E-state index in [1.54, 1.807) is 22.8 Å². The van der Waals surface area contributed by atoms with E-state index in [2.05, 4.69) is 15.4 Å². The van der Waals surface area contributed by atoms with Crippen LogP contribution in [-0.4, -0.2) is 14.6 Å². The minimum absolute atomic E-state index is 0.276. The van der Waals surface area contributed by atoms with Crippen molar-refractivity contribution in [3.05, 3.63) is 77.3 Å². The van der Waals surface area contributed by atoms with Crippen molar-refractivity contribution in [2.75, 3.05) is 5.32 Å². The second-order valence-electron chi connectivity index (χ2n) is 5.69. The van der Waals surface area contributed by atoms with E-state index in [0.717, 1.165) is 28.3 Å². The molecule has 0 spiro atoms. The molecule has 0 saturated carbocycles. The average Bonchev–Trinajstić information content (AvgIpc) is 3.01. The summed E-state index contributed by atoms with van der Waals surface area (Å²) < 4.78 is 14.8. The van der Waals surface area contributed by atoms with E-state index in [0.29, 0.717) is 10.7 Å². The van der Waals surface area contributed by atoms with Gasteiger partial charge in [0.1, 0.15) is 11.6 Å². The number of rotatable bonds is 3. The molecular weight excluding hydrogens is 339 g/mol.